The second-order valence-corrected chi connectivity index (χ2v) is 9.40. The van der Waals surface area contributed by atoms with Gasteiger partial charge in [-0.1, -0.05) is 29.3 Å². The van der Waals surface area contributed by atoms with Crippen molar-refractivity contribution in [3.8, 4) is 0 Å². The maximum atomic E-state index is 13.4. The number of hydrogen-bond donors (Lipinski definition) is 2. The fourth-order valence-electron chi connectivity index (χ4n) is 5.25. The Bertz CT molecular complexity index is 661. The monoisotopic (exact) mass is 474 g/mol. The van der Waals surface area contributed by atoms with Crippen LogP contribution in [0.3, 0.4) is 0 Å². The smallest absolute Gasteiger partial charge is 0.312 e. The average molecular weight is 475 g/mol. The van der Waals surface area contributed by atoms with Crippen LogP contribution >= 0.6 is 15.9 Å². The molecular weight excluding hydrogens is 444 g/mol. The Hall–Kier alpha value is -1.19. The molecule has 9 heteroatoms. The van der Waals surface area contributed by atoms with Gasteiger partial charge in [-0.2, -0.15) is 0 Å². The highest BCUT2D eigenvalue weighted by Crippen LogP contribution is 2.60. The third kappa shape index (κ3) is 3.70. The Morgan fingerprint density at radius 2 is 2.17 bits per heavy atom. The van der Waals surface area contributed by atoms with Crippen molar-refractivity contribution in [3.05, 3.63) is 0 Å². The summed E-state index contributed by atoms with van der Waals surface area (Å²) in [6.07, 6.45) is 2.09. The molecule has 0 aromatic heterocycles. The first-order chi connectivity index (χ1) is 13.8. The highest BCUT2D eigenvalue weighted by Gasteiger charge is 2.76. The van der Waals surface area contributed by atoms with E-state index in [1.807, 2.05) is 13.8 Å². The van der Waals surface area contributed by atoms with Gasteiger partial charge in [0.25, 0.3) is 0 Å². The zero-order valence-corrected chi connectivity index (χ0v) is 18.8. The molecule has 0 aromatic carbocycles. The van der Waals surface area contributed by atoms with Gasteiger partial charge in [-0.3, -0.25) is 14.4 Å². The van der Waals surface area contributed by atoms with Crippen LogP contribution in [0.25, 0.3) is 0 Å². The van der Waals surface area contributed by atoms with Crippen molar-refractivity contribution in [1.29, 1.82) is 0 Å². The number of ether oxygens (including phenoxy) is 2. The lowest BCUT2D eigenvalue weighted by atomic mass is 9.70. The summed E-state index contributed by atoms with van der Waals surface area (Å²) >= 11 is 3.60. The molecule has 3 saturated heterocycles. The molecule has 3 fully saturated rings. The molecule has 2 amide bonds. The second-order valence-electron chi connectivity index (χ2n) is 8.22. The number of likely N-dealkylation sites (tertiary alicyclic amines) is 1. The predicted molar refractivity (Wildman–Crippen MR) is 108 cm³/mol. The van der Waals surface area contributed by atoms with E-state index in [2.05, 4.69) is 21.2 Å². The van der Waals surface area contributed by atoms with E-state index in [0.717, 1.165) is 12.8 Å². The number of esters is 1. The molecule has 0 aromatic rings. The topological polar surface area (TPSA) is 105 Å². The van der Waals surface area contributed by atoms with Gasteiger partial charge in [-0.05, 0) is 33.1 Å². The Kier molecular flexibility index (Phi) is 6.90. The molecule has 164 valence electrons. The number of nitrogens with zero attached hydrogens (tertiary/aromatic N) is 1. The molecule has 4 unspecified atom stereocenters. The number of fused-ring (bicyclic) bond motifs is 1. The number of nitrogens with one attached hydrogen (secondary N) is 1. The molecule has 2 bridgehead atoms. The number of hydrogen-bond acceptors (Lipinski definition) is 6. The summed E-state index contributed by atoms with van der Waals surface area (Å²) in [4.78, 5) is 40.8. The van der Waals surface area contributed by atoms with Gasteiger partial charge in [-0.25, -0.2) is 0 Å². The zero-order valence-electron chi connectivity index (χ0n) is 17.2. The molecule has 1 spiro atoms. The number of carbonyl (C=O) groups is 3. The number of aliphatic hydroxyl groups excluding tert-OH is 1. The fourth-order valence-corrected chi connectivity index (χ4v) is 6.19. The largest absolute Gasteiger partial charge is 0.466 e. The van der Waals surface area contributed by atoms with E-state index in [-0.39, 0.29) is 42.4 Å². The standard InChI is InChI=1S/C20H31BrN2O6/c1-4-7-11(3)22-17(25)16-20-10-12(21)15(29-20)13(19(27)28-5-2)14(20)18(26)23(16)8-6-9-24/h11-16,24H,4-10H2,1-3H3,(H,22,25)/t11?,12?,13-,14-,15-,16?,20?/m0/s1. The van der Waals surface area contributed by atoms with E-state index >= 15 is 0 Å². The van der Waals surface area contributed by atoms with Crippen LogP contribution in [0.5, 0.6) is 0 Å². The van der Waals surface area contributed by atoms with Gasteiger partial charge >= 0.3 is 5.97 Å². The van der Waals surface area contributed by atoms with E-state index in [1.54, 1.807) is 6.92 Å². The molecule has 3 aliphatic rings. The summed E-state index contributed by atoms with van der Waals surface area (Å²) in [5.74, 6) is -2.45. The molecular formula is C20H31BrN2O6. The van der Waals surface area contributed by atoms with Crippen molar-refractivity contribution in [2.75, 3.05) is 19.8 Å². The molecule has 8 nitrogen and oxygen atoms in total. The van der Waals surface area contributed by atoms with Gasteiger partial charge in [0.15, 0.2) is 0 Å². The van der Waals surface area contributed by atoms with Crippen molar-refractivity contribution in [2.24, 2.45) is 11.8 Å². The summed E-state index contributed by atoms with van der Waals surface area (Å²) in [6.45, 7) is 6.08. The lowest BCUT2D eigenvalue weighted by molar-refractivity contribution is -0.154. The Morgan fingerprint density at radius 3 is 2.79 bits per heavy atom. The highest BCUT2D eigenvalue weighted by atomic mass is 79.9. The zero-order chi connectivity index (χ0) is 21.3. The fraction of sp³-hybridized carbons (Fsp3) is 0.850. The van der Waals surface area contributed by atoms with Crippen LogP contribution in [0.2, 0.25) is 0 Å². The summed E-state index contributed by atoms with van der Waals surface area (Å²) in [5.41, 5.74) is -1.06. The number of alkyl halides is 1. The van der Waals surface area contributed by atoms with Crippen LogP contribution in [0.1, 0.15) is 46.5 Å². The minimum Gasteiger partial charge on any atom is -0.466 e. The summed E-state index contributed by atoms with van der Waals surface area (Å²) in [5, 5.41) is 12.3. The van der Waals surface area contributed by atoms with E-state index in [9.17, 15) is 19.5 Å². The van der Waals surface area contributed by atoms with E-state index in [0.29, 0.717) is 12.8 Å². The van der Waals surface area contributed by atoms with Crippen molar-refractivity contribution in [3.63, 3.8) is 0 Å². The van der Waals surface area contributed by atoms with Gasteiger partial charge in [0.05, 0.1) is 24.5 Å². The Morgan fingerprint density at radius 1 is 1.45 bits per heavy atom. The van der Waals surface area contributed by atoms with Gasteiger partial charge < -0.3 is 24.8 Å². The highest BCUT2D eigenvalue weighted by molar-refractivity contribution is 9.09. The van der Waals surface area contributed by atoms with E-state index < -0.39 is 35.6 Å². The summed E-state index contributed by atoms with van der Waals surface area (Å²) < 4.78 is 11.5. The van der Waals surface area contributed by atoms with Crippen molar-refractivity contribution >= 4 is 33.7 Å². The van der Waals surface area contributed by atoms with Crippen LogP contribution in [0.4, 0.5) is 0 Å². The first kappa shape index (κ1) is 22.5. The van der Waals surface area contributed by atoms with Gasteiger partial charge in [0, 0.05) is 24.0 Å². The molecule has 0 saturated carbocycles. The minimum absolute atomic E-state index is 0.0306. The first-order valence-electron chi connectivity index (χ1n) is 10.5. The van der Waals surface area contributed by atoms with Crippen molar-refractivity contribution in [1.82, 2.24) is 10.2 Å². The number of carbonyl (C=O) groups excluding carboxylic acids is 3. The second kappa shape index (κ2) is 8.89. The molecule has 2 N–H and O–H groups in total. The lowest BCUT2D eigenvalue weighted by Crippen LogP contribution is -2.57. The number of aliphatic hydroxyl groups is 1. The van der Waals surface area contributed by atoms with E-state index in [1.165, 1.54) is 4.90 Å². The average Bonchev–Trinajstić information content (AvgIpc) is 3.24. The quantitative estimate of drug-likeness (QED) is 0.381. The van der Waals surface area contributed by atoms with Crippen molar-refractivity contribution < 1.29 is 29.0 Å². The summed E-state index contributed by atoms with van der Waals surface area (Å²) in [6, 6.07) is -0.854. The Balaban J connectivity index is 1.96. The number of halogens is 1. The Labute approximate surface area is 179 Å². The maximum Gasteiger partial charge on any atom is 0.312 e. The first-order valence-corrected chi connectivity index (χ1v) is 11.4. The number of amides is 2. The van der Waals surface area contributed by atoms with Crippen molar-refractivity contribution in [2.45, 2.75) is 75.1 Å². The molecule has 3 aliphatic heterocycles. The normalized spacial score (nSPS) is 36.2. The number of rotatable bonds is 9. The molecule has 3 heterocycles. The van der Waals surface area contributed by atoms with Crippen LogP contribution in [-0.4, -0.2) is 76.2 Å². The SMILES string of the molecule is CCCC(C)NC(=O)C1N(CCCO)C(=O)[C@@H]2[C@H](C(=O)OCC)[C@H]3OC12CC3Br. The third-order valence-corrected chi connectivity index (χ3v) is 7.11. The molecule has 3 rings (SSSR count). The van der Waals surface area contributed by atoms with E-state index in [4.69, 9.17) is 9.47 Å². The van der Waals surface area contributed by atoms with Crippen LogP contribution < -0.4 is 5.32 Å². The van der Waals surface area contributed by atoms with Crippen LogP contribution in [0.15, 0.2) is 0 Å². The van der Waals surface area contributed by atoms with Gasteiger partial charge in [-0.15, -0.1) is 0 Å². The third-order valence-electron chi connectivity index (χ3n) is 6.26. The molecule has 0 aliphatic carbocycles. The maximum absolute atomic E-state index is 13.4. The van der Waals surface area contributed by atoms with Crippen LogP contribution in [0, 0.1) is 11.8 Å². The molecule has 29 heavy (non-hydrogen) atoms. The minimum atomic E-state index is -1.06. The molecule has 0 radical (unpaired) electrons. The molecule has 7 atom stereocenters. The summed E-state index contributed by atoms with van der Waals surface area (Å²) in [7, 11) is 0. The van der Waals surface area contributed by atoms with Gasteiger partial charge in [0.1, 0.15) is 11.6 Å². The van der Waals surface area contributed by atoms with Gasteiger partial charge in [0.2, 0.25) is 11.8 Å². The van der Waals surface area contributed by atoms with Crippen LogP contribution in [-0.2, 0) is 23.9 Å². The predicted octanol–water partition coefficient (Wildman–Crippen LogP) is 0.985. The lowest BCUT2D eigenvalue weighted by Gasteiger charge is -2.34.